The maximum absolute atomic E-state index is 12.8. The Labute approximate surface area is 151 Å². The van der Waals surface area contributed by atoms with Gasteiger partial charge in [-0.3, -0.25) is 4.79 Å². The first kappa shape index (κ1) is 16.6. The summed E-state index contributed by atoms with van der Waals surface area (Å²) in [6, 6.07) is 15.5. The lowest BCUT2D eigenvalue weighted by molar-refractivity contribution is -0.114. The highest BCUT2D eigenvalue weighted by atomic mass is 32.2. The molecule has 132 valence electrons. The summed E-state index contributed by atoms with van der Waals surface area (Å²) in [5, 5.41) is 4.35. The molecule has 1 aliphatic rings. The fraction of sp³-hybridized carbons (Fsp3) is 0.150. The van der Waals surface area contributed by atoms with Crippen molar-refractivity contribution in [2.45, 2.75) is 24.7 Å². The van der Waals surface area contributed by atoms with Gasteiger partial charge in [0.1, 0.15) is 10.6 Å². The summed E-state index contributed by atoms with van der Waals surface area (Å²) in [5.74, 6) is 0.00142. The number of amides is 1. The Hall–Kier alpha value is -2.86. The Morgan fingerprint density at radius 3 is 2.35 bits per heavy atom. The molecule has 3 aromatic carbocycles. The van der Waals surface area contributed by atoms with Gasteiger partial charge in [0.2, 0.25) is 5.91 Å². The van der Waals surface area contributed by atoms with Crippen LogP contribution in [0.25, 0.3) is 10.8 Å². The third-order valence-electron chi connectivity index (χ3n) is 4.49. The van der Waals surface area contributed by atoms with Gasteiger partial charge in [-0.25, -0.2) is 0 Å². The van der Waals surface area contributed by atoms with Crippen LogP contribution in [0.5, 0.6) is 5.75 Å². The van der Waals surface area contributed by atoms with E-state index in [1.54, 1.807) is 18.2 Å². The number of hydrogen-bond acceptors (Lipinski definition) is 4. The van der Waals surface area contributed by atoms with Gasteiger partial charge in [-0.15, -0.1) is 0 Å². The van der Waals surface area contributed by atoms with Crippen molar-refractivity contribution in [2.24, 2.45) is 0 Å². The van der Waals surface area contributed by atoms with Crippen LogP contribution >= 0.6 is 0 Å². The van der Waals surface area contributed by atoms with Gasteiger partial charge in [-0.2, -0.15) is 8.42 Å². The van der Waals surface area contributed by atoms with Crippen LogP contribution in [-0.4, -0.2) is 14.3 Å². The van der Waals surface area contributed by atoms with Gasteiger partial charge in [-0.05, 0) is 59.7 Å². The van der Waals surface area contributed by atoms with Crippen molar-refractivity contribution in [3.05, 3.63) is 65.7 Å². The molecule has 0 saturated heterocycles. The number of carbonyl (C=O) groups excluding carboxylic acids is 1. The number of aryl methyl sites for hydroxylation is 2. The first-order valence-corrected chi connectivity index (χ1v) is 9.70. The van der Waals surface area contributed by atoms with Crippen molar-refractivity contribution in [3.8, 4) is 5.75 Å². The number of benzene rings is 3. The summed E-state index contributed by atoms with van der Waals surface area (Å²) >= 11 is 0. The van der Waals surface area contributed by atoms with Gasteiger partial charge in [0.15, 0.2) is 0 Å². The van der Waals surface area contributed by atoms with E-state index in [1.165, 1.54) is 30.2 Å². The Kier molecular flexibility index (Phi) is 3.92. The summed E-state index contributed by atoms with van der Waals surface area (Å²) in [4.78, 5) is 11.2. The summed E-state index contributed by atoms with van der Waals surface area (Å²) in [7, 11) is -3.97. The van der Waals surface area contributed by atoms with E-state index in [4.69, 9.17) is 4.18 Å². The molecule has 0 spiro atoms. The van der Waals surface area contributed by atoms with E-state index in [-0.39, 0.29) is 16.6 Å². The van der Waals surface area contributed by atoms with Crippen LogP contribution in [0.15, 0.2) is 59.5 Å². The minimum atomic E-state index is -3.97. The summed E-state index contributed by atoms with van der Waals surface area (Å²) in [6.45, 7) is 1.41. The fourth-order valence-corrected chi connectivity index (χ4v) is 4.54. The van der Waals surface area contributed by atoms with Gasteiger partial charge < -0.3 is 9.50 Å². The first-order chi connectivity index (χ1) is 12.4. The molecule has 0 aliphatic heterocycles. The monoisotopic (exact) mass is 367 g/mol. The normalized spacial score (nSPS) is 13.0. The zero-order chi connectivity index (χ0) is 18.3. The average Bonchev–Trinajstić information content (AvgIpc) is 3.01. The molecule has 0 bridgehead atoms. The van der Waals surface area contributed by atoms with Crippen molar-refractivity contribution in [2.75, 3.05) is 5.32 Å². The molecule has 4 rings (SSSR count). The molecular weight excluding hydrogens is 350 g/mol. The zero-order valence-corrected chi connectivity index (χ0v) is 15.0. The first-order valence-electron chi connectivity index (χ1n) is 8.30. The molecule has 0 aromatic heterocycles. The molecule has 0 saturated carbocycles. The van der Waals surface area contributed by atoms with Crippen LogP contribution < -0.4 is 9.50 Å². The van der Waals surface area contributed by atoms with Crippen LogP contribution in [0.3, 0.4) is 0 Å². The minimum absolute atomic E-state index is 0.172. The molecule has 6 heteroatoms. The standard InChI is InChI=1S/C20H17NO4S/c1-13(22)21-16-8-10-17(11-9-16)25-26(23,24)19-12-7-15-6-5-14-3-2-4-18(19)20(14)15/h2-4,7-12H,5-6H2,1H3,(H,21,22). The quantitative estimate of drug-likeness (QED) is 0.714. The smallest absolute Gasteiger partial charge is 0.339 e. The number of anilines is 1. The highest BCUT2D eigenvalue weighted by Crippen LogP contribution is 2.35. The van der Waals surface area contributed by atoms with Crippen LogP contribution in [-0.2, 0) is 27.8 Å². The van der Waals surface area contributed by atoms with E-state index in [0.29, 0.717) is 11.1 Å². The van der Waals surface area contributed by atoms with Crippen LogP contribution in [0.1, 0.15) is 18.1 Å². The number of rotatable bonds is 4. The number of nitrogens with one attached hydrogen (secondary N) is 1. The molecule has 26 heavy (non-hydrogen) atoms. The van der Waals surface area contributed by atoms with Crippen LogP contribution in [0.2, 0.25) is 0 Å². The Bertz CT molecular complexity index is 1110. The lowest BCUT2D eigenvalue weighted by Crippen LogP contribution is -2.11. The molecule has 1 amide bonds. The van der Waals surface area contributed by atoms with Crippen molar-refractivity contribution in [1.29, 1.82) is 0 Å². The highest BCUT2D eigenvalue weighted by Gasteiger charge is 2.24. The Balaban J connectivity index is 1.70. The molecule has 0 atom stereocenters. The second-order valence-electron chi connectivity index (χ2n) is 6.31. The van der Waals surface area contributed by atoms with Crippen molar-refractivity contribution >= 4 is 32.5 Å². The van der Waals surface area contributed by atoms with Crippen molar-refractivity contribution in [3.63, 3.8) is 0 Å². The van der Waals surface area contributed by atoms with E-state index in [0.717, 1.165) is 18.2 Å². The lowest BCUT2D eigenvalue weighted by atomic mass is 10.1. The van der Waals surface area contributed by atoms with E-state index in [2.05, 4.69) is 5.32 Å². The number of hydrogen-bond donors (Lipinski definition) is 1. The lowest BCUT2D eigenvalue weighted by Gasteiger charge is -2.11. The van der Waals surface area contributed by atoms with E-state index in [1.807, 2.05) is 24.3 Å². The topological polar surface area (TPSA) is 72.5 Å². The van der Waals surface area contributed by atoms with Crippen molar-refractivity contribution < 1.29 is 17.4 Å². The van der Waals surface area contributed by atoms with Gasteiger partial charge in [0, 0.05) is 18.0 Å². The predicted molar refractivity (Wildman–Crippen MR) is 99.9 cm³/mol. The van der Waals surface area contributed by atoms with E-state index in [9.17, 15) is 13.2 Å². The SMILES string of the molecule is CC(=O)Nc1ccc(OS(=O)(=O)c2ccc3c4c(cccc24)CC3)cc1. The fourth-order valence-electron chi connectivity index (χ4n) is 3.41. The molecule has 0 fully saturated rings. The van der Waals surface area contributed by atoms with E-state index < -0.39 is 10.1 Å². The van der Waals surface area contributed by atoms with Gasteiger partial charge in [0.25, 0.3) is 0 Å². The maximum Gasteiger partial charge on any atom is 0.339 e. The third kappa shape index (κ3) is 2.93. The molecule has 1 aliphatic carbocycles. The van der Waals surface area contributed by atoms with Crippen LogP contribution in [0, 0.1) is 0 Å². The predicted octanol–water partition coefficient (Wildman–Crippen LogP) is 3.66. The molecule has 0 heterocycles. The molecule has 5 nitrogen and oxygen atoms in total. The third-order valence-corrected chi connectivity index (χ3v) is 5.79. The maximum atomic E-state index is 12.8. The van der Waals surface area contributed by atoms with Crippen molar-refractivity contribution in [1.82, 2.24) is 0 Å². The number of carbonyl (C=O) groups is 1. The summed E-state index contributed by atoms with van der Waals surface area (Å²) in [5.41, 5.74) is 2.93. The second-order valence-corrected chi connectivity index (χ2v) is 7.82. The molecule has 0 radical (unpaired) electrons. The van der Waals surface area contributed by atoms with E-state index >= 15 is 0 Å². The molecule has 0 unspecified atom stereocenters. The Morgan fingerprint density at radius 2 is 1.65 bits per heavy atom. The largest absolute Gasteiger partial charge is 0.379 e. The minimum Gasteiger partial charge on any atom is -0.379 e. The second kappa shape index (κ2) is 6.14. The zero-order valence-electron chi connectivity index (χ0n) is 14.2. The average molecular weight is 367 g/mol. The van der Waals surface area contributed by atoms with Gasteiger partial charge in [-0.1, -0.05) is 24.3 Å². The molecule has 3 aromatic rings. The highest BCUT2D eigenvalue weighted by molar-refractivity contribution is 7.87. The van der Waals surface area contributed by atoms with Crippen LogP contribution in [0.4, 0.5) is 5.69 Å². The van der Waals surface area contributed by atoms with Gasteiger partial charge in [0.05, 0.1) is 0 Å². The summed E-state index contributed by atoms with van der Waals surface area (Å²) < 4.78 is 31.0. The Morgan fingerprint density at radius 1 is 0.962 bits per heavy atom. The summed E-state index contributed by atoms with van der Waals surface area (Å²) in [6.07, 6.45) is 1.86. The molecule has 1 N–H and O–H groups in total. The molecular formula is C20H17NO4S. The van der Waals surface area contributed by atoms with Gasteiger partial charge >= 0.3 is 10.1 Å².